The first kappa shape index (κ1) is 26.4. The molecule has 39 heavy (non-hydrogen) atoms. The fraction of sp³-hybridized carbons (Fsp3) is 0.265. The van der Waals surface area contributed by atoms with Crippen LogP contribution in [0.5, 0.6) is 5.75 Å². The van der Waals surface area contributed by atoms with Crippen LogP contribution < -0.4 is 20.7 Å². The lowest BCUT2D eigenvalue weighted by atomic mass is 9.80. The molecule has 1 aliphatic rings. The number of hydrogen-bond donors (Lipinski definition) is 3. The highest BCUT2D eigenvalue weighted by Crippen LogP contribution is 2.34. The van der Waals surface area contributed by atoms with Crippen molar-refractivity contribution in [1.29, 1.82) is 0 Å². The Bertz CT molecular complexity index is 1330. The lowest BCUT2D eigenvalue weighted by Gasteiger charge is -2.39. The maximum Gasteiger partial charge on any atom is 0.246 e. The first-order chi connectivity index (χ1) is 19.1. The molecule has 5 nitrogen and oxygen atoms in total. The second kappa shape index (κ2) is 12.5. The molecule has 1 aliphatic carbocycles. The molecule has 0 aliphatic heterocycles. The minimum Gasteiger partial charge on any atom is -0.497 e. The van der Waals surface area contributed by atoms with Gasteiger partial charge >= 0.3 is 0 Å². The standard InChI is InChI=1S/C34H37N3O2/c1-39-31-20-18-29(19-21-31)35-25-32(27-14-7-3-8-15-27)36-33(38)34(22-9-4-10-23-34)37-30-17-11-16-28(24-30)26-12-5-2-6-13-26/h2-3,5-8,11-21,24,32,35,37H,4,9-10,22-23,25H2,1H3,(H,36,38)/t32-/m1/s1. The van der Waals surface area contributed by atoms with Crippen molar-refractivity contribution in [2.45, 2.75) is 43.7 Å². The van der Waals surface area contributed by atoms with Crippen LogP contribution in [0.1, 0.15) is 43.7 Å². The summed E-state index contributed by atoms with van der Waals surface area (Å²) >= 11 is 0. The Morgan fingerprint density at radius 1 is 0.769 bits per heavy atom. The fourth-order valence-electron chi connectivity index (χ4n) is 5.41. The predicted molar refractivity (Wildman–Crippen MR) is 160 cm³/mol. The van der Waals surface area contributed by atoms with Crippen LogP contribution in [-0.2, 0) is 4.79 Å². The van der Waals surface area contributed by atoms with E-state index in [4.69, 9.17) is 4.74 Å². The number of methoxy groups -OCH3 is 1. The number of anilines is 2. The predicted octanol–water partition coefficient (Wildman–Crippen LogP) is 7.45. The number of nitrogens with one attached hydrogen (secondary N) is 3. The SMILES string of the molecule is COc1ccc(NC[C@@H](NC(=O)C2(Nc3cccc(-c4ccccc4)c3)CCCCC2)c2ccccc2)cc1. The van der Waals surface area contributed by atoms with Crippen molar-refractivity contribution in [3.8, 4) is 16.9 Å². The first-order valence-electron chi connectivity index (χ1n) is 13.8. The summed E-state index contributed by atoms with van der Waals surface area (Å²) in [5.74, 6) is 0.868. The fourth-order valence-corrected chi connectivity index (χ4v) is 5.41. The summed E-state index contributed by atoms with van der Waals surface area (Å²) in [6, 6.07) is 36.6. The molecule has 4 aromatic rings. The van der Waals surface area contributed by atoms with Gasteiger partial charge in [0, 0.05) is 17.9 Å². The van der Waals surface area contributed by atoms with Crippen molar-refractivity contribution in [3.05, 3.63) is 115 Å². The quantitative estimate of drug-likeness (QED) is 0.204. The first-order valence-corrected chi connectivity index (χ1v) is 13.8. The summed E-state index contributed by atoms with van der Waals surface area (Å²) in [6.07, 6.45) is 4.82. The van der Waals surface area contributed by atoms with Gasteiger partial charge in [0.2, 0.25) is 5.91 Å². The lowest BCUT2D eigenvalue weighted by molar-refractivity contribution is -0.127. The molecular formula is C34H37N3O2. The van der Waals surface area contributed by atoms with Crippen LogP contribution in [-0.4, -0.2) is 25.1 Å². The van der Waals surface area contributed by atoms with E-state index in [9.17, 15) is 4.79 Å². The molecule has 1 saturated carbocycles. The molecule has 5 rings (SSSR count). The Morgan fingerprint density at radius 3 is 2.13 bits per heavy atom. The summed E-state index contributed by atoms with van der Waals surface area (Å²) in [4.78, 5) is 14.1. The van der Waals surface area contributed by atoms with Crippen molar-refractivity contribution in [2.75, 3.05) is 24.3 Å². The van der Waals surface area contributed by atoms with Gasteiger partial charge < -0.3 is 20.7 Å². The zero-order valence-electron chi connectivity index (χ0n) is 22.5. The number of hydrogen-bond acceptors (Lipinski definition) is 4. The minimum atomic E-state index is -0.652. The summed E-state index contributed by atoms with van der Waals surface area (Å²) in [6.45, 7) is 0.571. The molecular weight excluding hydrogens is 482 g/mol. The van der Waals surface area contributed by atoms with Crippen LogP contribution in [0.25, 0.3) is 11.1 Å². The summed E-state index contributed by atoms with van der Waals surface area (Å²) < 4.78 is 5.28. The monoisotopic (exact) mass is 519 g/mol. The molecule has 0 heterocycles. The van der Waals surface area contributed by atoms with Gasteiger partial charge in [-0.3, -0.25) is 4.79 Å². The topological polar surface area (TPSA) is 62.4 Å². The van der Waals surface area contributed by atoms with Crippen LogP contribution in [0.15, 0.2) is 109 Å². The van der Waals surface area contributed by atoms with Crippen LogP contribution in [0.3, 0.4) is 0 Å². The van der Waals surface area contributed by atoms with Gasteiger partial charge in [0.15, 0.2) is 0 Å². The molecule has 200 valence electrons. The van der Waals surface area contributed by atoms with E-state index in [2.05, 4.69) is 76.6 Å². The molecule has 1 amide bonds. The van der Waals surface area contributed by atoms with E-state index in [0.29, 0.717) is 6.54 Å². The highest BCUT2D eigenvalue weighted by Gasteiger charge is 2.40. The molecule has 5 heteroatoms. The van der Waals surface area contributed by atoms with Crippen molar-refractivity contribution in [1.82, 2.24) is 5.32 Å². The maximum atomic E-state index is 14.1. The van der Waals surface area contributed by atoms with Crippen molar-refractivity contribution < 1.29 is 9.53 Å². The molecule has 4 aromatic carbocycles. The van der Waals surface area contributed by atoms with Gasteiger partial charge in [0.05, 0.1) is 13.2 Å². The zero-order valence-corrected chi connectivity index (χ0v) is 22.5. The normalized spacial score (nSPS) is 15.1. The Hall–Kier alpha value is -4.25. The molecule has 0 saturated heterocycles. The molecule has 0 bridgehead atoms. The van der Waals surface area contributed by atoms with Gasteiger partial charge in [-0.25, -0.2) is 0 Å². The van der Waals surface area contributed by atoms with E-state index >= 15 is 0 Å². The molecule has 0 radical (unpaired) electrons. The lowest BCUT2D eigenvalue weighted by Crippen LogP contribution is -2.55. The number of carbonyl (C=O) groups is 1. The third-order valence-electron chi connectivity index (χ3n) is 7.60. The van der Waals surface area contributed by atoms with Crippen LogP contribution in [0.2, 0.25) is 0 Å². The van der Waals surface area contributed by atoms with E-state index < -0.39 is 5.54 Å². The molecule has 0 unspecified atom stereocenters. The average molecular weight is 520 g/mol. The Kier molecular flexibility index (Phi) is 8.47. The highest BCUT2D eigenvalue weighted by atomic mass is 16.5. The smallest absolute Gasteiger partial charge is 0.246 e. The zero-order chi connectivity index (χ0) is 26.9. The van der Waals surface area contributed by atoms with E-state index in [0.717, 1.165) is 65.9 Å². The molecule has 1 fully saturated rings. The van der Waals surface area contributed by atoms with Crippen LogP contribution >= 0.6 is 0 Å². The molecule has 3 N–H and O–H groups in total. The van der Waals surface area contributed by atoms with Gasteiger partial charge in [0.25, 0.3) is 0 Å². The van der Waals surface area contributed by atoms with Gasteiger partial charge in [-0.2, -0.15) is 0 Å². The van der Waals surface area contributed by atoms with Gasteiger partial charge in [0.1, 0.15) is 11.3 Å². The summed E-state index contributed by atoms with van der Waals surface area (Å²) in [5, 5.41) is 10.6. The number of rotatable bonds is 10. The van der Waals surface area contributed by atoms with E-state index in [1.807, 2.05) is 48.5 Å². The molecule has 0 aromatic heterocycles. The second-order valence-corrected chi connectivity index (χ2v) is 10.3. The number of amides is 1. The summed E-state index contributed by atoms with van der Waals surface area (Å²) in [5.41, 5.74) is 4.68. The largest absolute Gasteiger partial charge is 0.497 e. The average Bonchev–Trinajstić information content (AvgIpc) is 3.01. The number of carbonyl (C=O) groups excluding carboxylic acids is 1. The van der Waals surface area contributed by atoms with Gasteiger partial charge in [-0.15, -0.1) is 0 Å². The Morgan fingerprint density at radius 2 is 1.44 bits per heavy atom. The Balaban J connectivity index is 1.36. The Labute approximate surface area is 231 Å². The van der Waals surface area contributed by atoms with E-state index in [-0.39, 0.29) is 11.9 Å². The minimum absolute atomic E-state index is 0.0534. The number of ether oxygens (including phenoxy) is 1. The third kappa shape index (κ3) is 6.61. The van der Waals surface area contributed by atoms with Gasteiger partial charge in [-0.1, -0.05) is 92.1 Å². The second-order valence-electron chi connectivity index (χ2n) is 10.3. The van der Waals surface area contributed by atoms with Gasteiger partial charge in [-0.05, 0) is 65.9 Å². The third-order valence-corrected chi connectivity index (χ3v) is 7.60. The maximum absolute atomic E-state index is 14.1. The van der Waals surface area contributed by atoms with Crippen molar-refractivity contribution in [3.63, 3.8) is 0 Å². The number of benzene rings is 4. The molecule has 0 spiro atoms. The van der Waals surface area contributed by atoms with Crippen molar-refractivity contribution >= 4 is 17.3 Å². The van der Waals surface area contributed by atoms with Crippen molar-refractivity contribution in [2.24, 2.45) is 0 Å². The van der Waals surface area contributed by atoms with Crippen LogP contribution in [0.4, 0.5) is 11.4 Å². The van der Waals surface area contributed by atoms with E-state index in [1.165, 1.54) is 0 Å². The van der Waals surface area contributed by atoms with Crippen LogP contribution in [0, 0.1) is 0 Å². The van der Waals surface area contributed by atoms with E-state index in [1.54, 1.807) is 7.11 Å². The highest BCUT2D eigenvalue weighted by molar-refractivity contribution is 5.90. The molecule has 1 atom stereocenters. The summed E-state index contributed by atoms with van der Waals surface area (Å²) in [7, 11) is 1.66.